The third kappa shape index (κ3) is 5.98. The number of carbonyl (C=O) groups excluding carboxylic acids is 1. The van der Waals surface area contributed by atoms with E-state index in [-0.39, 0.29) is 24.1 Å². The first kappa shape index (κ1) is 16.9. The molecule has 18 heavy (non-hydrogen) atoms. The van der Waals surface area contributed by atoms with E-state index in [2.05, 4.69) is 5.32 Å². The van der Waals surface area contributed by atoms with E-state index in [0.717, 1.165) is 18.5 Å². The highest BCUT2D eigenvalue weighted by molar-refractivity contribution is 5.85. The van der Waals surface area contributed by atoms with Gasteiger partial charge in [-0.05, 0) is 37.7 Å². The molecule has 102 valence electrons. The normalized spacial score (nSPS) is 9.72. The van der Waals surface area contributed by atoms with Crippen molar-refractivity contribution in [2.24, 2.45) is 0 Å². The van der Waals surface area contributed by atoms with Gasteiger partial charge in [-0.1, -0.05) is 12.1 Å². The Morgan fingerprint density at radius 2 is 2.17 bits per heavy atom. The van der Waals surface area contributed by atoms with Crippen LogP contribution in [0.4, 0.5) is 4.39 Å². The van der Waals surface area contributed by atoms with E-state index in [1.165, 1.54) is 12.1 Å². The number of hydrogen-bond acceptors (Lipinski definition) is 2. The first-order valence-electron chi connectivity index (χ1n) is 5.76. The van der Waals surface area contributed by atoms with Crippen LogP contribution in [-0.2, 0) is 11.3 Å². The fourth-order valence-corrected chi connectivity index (χ4v) is 1.60. The Bertz CT molecular complexity index is 374. The Balaban J connectivity index is 0.00000289. The smallest absolute Gasteiger partial charge is 0.222 e. The molecule has 0 heterocycles. The second kappa shape index (κ2) is 8.89. The van der Waals surface area contributed by atoms with Crippen LogP contribution in [0.3, 0.4) is 0 Å². The lowest BCUT2D eigenvalue weighted by molar-refractivity contribution is -0.130. The van der Waals surface area contributed by atoms with Crippen molar-refractivity contribution in [2.75, 3.05) is 20.6 Å². The molecule has 0 atom stereocenters. The number of halogens is 2. The molecular weight excluding hydrogens is 255 g/mol. The molecule has 3 nitrogen and oxygen atoms in total. The van der Waals surface area contributed by atoms with Crippen LogP contribution < -0.4 is 5.32 Å². The molecule has 0 fully saturated rings. The molecule has 0 radical (unpaired) electrons. The molecule has 0 spiro atoms. The minimum atomic E-state index is -0.265. The van der Waals surface area contributed by atoms with Gasteiger partial charge in [-0.15, -0.1) is 12.4 Å². The van der Waals surface area contributed by atoms with Crippen LogP contribution in [0.1, 0.15) is 18.4 Å². The van der Waals surface area contributed by atoms with Crippen LogP contribution in [0.2, 0.25) is 0 Å². The van der Waals surface area contributed by atoms with Crippen LogP contribution in [0, 0.1) is 5.82 Å². The van der Waals surface area contributed by atoms with Crippen LogP contribution in [0.25, 0.3) is 0 Å². The minimum absolute atomic E-state index is 0. The maximum Gasteiger partial charge on any atom is 0.222 e. The molecule has 0 unspecified atom stereocenters. The van der Waals surface area contributed by atoms with Gasteiger partial charge >= 0.3 is 0 Å². The summed E-state index contributed by atoms with van der Waals surface area (Å²) in [7, 11) is 3.60. The molecule has 0 aromatic heterocycles. The molecule has 0 saturated carbocycles. The average molecular weight is 275 g/mol. The number of nitrogens with one attached hydrogen (secondary N) is 1. The van der Waals surface area contributed by atoms with Gasteiger partial charge in [-0.2, -0.15) is 0 Å². The lowest BCUT2D eigenvalue weighted by atomic mass is 10.2. The Morgan fingerprint density at radius 3 is 2.78 bits per heavy atom. The van der Waals surface area contributed by atoms with Gasteiger partial charge in [-0.25, -0.2) is 4.39 Å². The topological polar surface area (TPSA) is 32.3 Å². The predicted molar refractivity (Wildman–Crippen MR) is 73.3 cm³/mol. The Labute approximate surface area is 114 Å². The zero-order valence-electron chi connectivity index (χ0n) is 10.8. The first-order chi connectivity index (χ1) is 8.13. The highest BCUT2D eigenvalue weighted by Crippen LogP contribution is 2.07. The maximum atomic E-state index is 13.0. The van der Waals surface area contributed by atoms with E-state index in [9.17, 15) is 9.18 Å². The molecule has 0 aliphatic rings. The Morgan fingerprint density at radius 1 is 1.44 bits per heavy atom. The number of nitrogens with zero attached hydrogens (tertiary/aromatic N) is 1. The molecule has 1 N–H and O–H groups in total. The summed E-state index contributed by atoms with van der Waals surface area (Å²) in [6.45, 7) is 1.29. The third-order valence-corrected chi connectivity index (χ3v) is 2.55. The third-order valence-electron chi connectivity index (χ3n) is 2.55. The molecule has 0 bridgehead atoms. The Kier molecular flexibility index (Phi) is 8.33. The van der Waals surface area contributed by atoms with Gasteiger partial charge < -0.3 is 10.2 Å². The van der Waals surface area contributed by atoms with Gasteiger partial charge in [-0.3, -0.25) is 4.79 Å². The highest BCUT2D eigenvalue weighted by Gasteiger charge is 2.08. The van der Waals surface area contributed by atoms with Crippen LogP contribution >= 0.6 is 12.4 Å². The van der Waals surface area contributed by atoms with Gasteiger partial charge in [0.2, 0.25) is 5.91 Å². The summed E-state index contributed by atoms with van der Waals surface area (Å²) in [4.78, 5) is 13.3. The van der Waals surface area contributed by atoms with E-state index in [0.29, 0.717) is 13.0 Å². The van der Waals surface area contributed by atoms with Gasteiger partial charge in [0.15, 0.2) is 0 Å². The summed E-state index contributed by atoms with van der Waals surface area (Å²) >= 11 is 0. The minimum Gasteiger partial charge on any atom is -0.341 e. The number of benzene rings is 1. The van der Waals surface area contributed by atoms with Crippen molar-refractivity contribution >= 4 is 18.3 Å². The zero-order chi connectivity index (χ0) is 12.7. The van der Waals surface area contributed by atoms with Gasteiger partial charge in [0.25, 0.3) is 0 Å². The van der Waals surface area contributed by atoms with Crippen molar-refractivity contribution in [3.63, 3.8) is 0 Å². The first-order valence-corrected chi connectivity index (χ1v) is 5.76. The quantitative estimate of drug-likeness (QED) is 0.807. The second-order valence-corrected chi connectivity index (χ2v) is 4.09. The standard InChI is InChI=1S/C13H19FN2O.ClH/c1-15-8-4-7-13(17)16(2)10-11-5-3-6-12(14)9-11;/h3,5-6,9,15H,4,7-8,10H2,1-2H3;1H. The average Bonchev–Trinajstić information content (AvgIpc) is 2.29. The van der Waals surface area contributed by atoms with Crippen LogP contribution in [0.5, 0.6) is 0 Å². The number of hydrogen-bond donors (Lipinski definition) is 1. The summed E-state index contributed by atoms with van der Waals surface area (Å²) in [6, 6.07) is 6.33. The number of carbonyl (C=O) groups is 1. The van der Waals surface area contributed by atoms with Crippen LogP contribution in [-0.4, -0.2) is 31.4 Å². The van der Waals surface area contributed by atoms with E-state index < -0.39 is 0 Å². The highest BCUT2D eigenvalue weighted by atomic mass is 35.5. The van der Waals surface area contributed by atoms with E-state index >= 15 is 0 Å². The van der Waals surface area contributed by atoms with Crippen molar-refractivity contribution in [1.29, 1.82) is 0 Å². The summed E-state index contributed by atoms with van der Waals surface area (Å²) in [5.74, 6) is -0.178. The summed E-state index contributed by atoms with van der Waals surface area (Å²) in [6.07, 6.45) is 1.34. The van der Waals surface area contributed by atoms with Crippen molar-refractivity contribution < 1.29 is 9.18 Å². The summed E-state index contributed by atoms with van der Waals surface area (Å²) in [5, 5.41) is 3.00. The monoisotopic (exact) mass is 274 g/mol. The second-order valence-electron chi connectivity index (χ2n) is 4.09. The lowest BCUT2D eigenvalue weighted by Gasteiger charge is -2.17. The predicted octanol–water partition coefficient (Wildman–Crippen LogP) is 2.21. The fraction of sp³-hybridized carbons (Fsp3) is 0.462. The number of rotatable bonds is 6. The molecule has 1 rings (SSSR count). The maximum absolute atomic E-state index is 13.0. The fourth-order valence-electron chi connectivity index (χ4n) is 1.60. The zero-order valence-corrected chi connectivity index (χ0v) is 11.6. The molecule has 0 aliphatic heterocycles. The van der Waals surface area contributed by atoms with Gasteiger partial charge in [0.05, 0.1) is 0 Å². The molecule has 5 heteroatoms. The molecular formula is C13H20ClFN2O. The molecule has 1 aromatic carbocycles. The van der Waals surface area contributed by atoms with Gasteiger partial charge in [0, 0.05) is 20.0 Å². The molecule has 1 aromatic rings. The van der Waals surface area contributed by atoms with E-state index in [1.54, 1.807) is 18.0 Å². The van der Waals surface area contributed by atoms with Crippen molar-refractivity contribution in [2.45, 2.75) is 19.4 Å². The van der Waals surface area contributed by atoms with E-state index in [1.807, 2.05) is 13.1 Å². The van der Waals surface area contributed by atoms with Crippen LogP contribution in [0.15, 0.2) is 24.3 Å². The summed E-state index contributed by atoms with van der Waals surface area (Å²) < 4.78 is 13.0. The lowest BCUT2D eigenvalue weighted by Crippen LogP contribution is -2.26. The molecule has 1 amide bonds. The SMILES string of the molecule is CNCCCC(=O)N(C)Cc1cccc(F)c1.Cl. The summed E-state index contributed by atoms with van der Waals surface area (Å²) in [5.41, 5.74) is 0.814. The number of amides is 1. The van der Waals surface area contributed by atoms with Crippen molar-refractivity contribution in [3.05, 3.63) is 35.6 Å². The Hall–Kier alpha value is -1.13. The molecule has 0 saturated heterocycles. The van der Waals surface area contributed by atoms with Crippen molar-refractivity contribution in [1.82, 2.24) is 10.2 Å². The molecule has 0 aliphatic carbocycles. The van der Waals surface area contributed by atoms with E-state index in [4.69, 9.17) is 0 Å². The van der Waals surface area contributed by atoms with Crippen molar-refractivity contribution in [3.8, 4) is 0 Å². The largest absolute Gasteiger partial charge is 0.341 e. The van der Waals surface area contributed by atoms with Gasteiger partial charge in [0.1, 0.15) is 5.82 Å².